The molecule has 21 heavy (non-hydrogen) atoms. The maximum absolute atomic E-state index is 12.4. The first-order valence-corrected chi connectivity index (χ1v) is 8.27. The van der Waals surface area contributed by atoms with Crippen LogP contribution in [-0.2, 0) is 26.8 Å². The van der Waals surface area contributed by atoms with Crippen molar-refractivity contribution in [2.75, 3.05) is 0 Å². The minimum atomic E-state index is -3.39. The summed E-state index contributed by atoms with van der Waals surface area (Å²) in [6, 6.07) is 15.6. The fourth-order valence-corrected chi connectivity index (χ4v) is 3.55. The summed E-state index contributed by atoms with van der Waals surface area (Å²) in [5.74, 6) is -0.470. The normalized spacial score (nSPS) is 11.2. The van der Waals surface area contributed by atoms with Crippen molar-refractivity contribution in [3.63, 3.8) is 0 Å². The Morgan fingerprint density at radius 1 is 0.905 bits per heavy atom. The van der Waals surface area contributed by atoms with E-state index in [0.717, 1.165) is 5.56 Å². The van der Waals surface area contributed by atoms with Crippen LogP contribution >= 0.6 is 0 Å². The van der Waals surface area contributed by atoms with Crippen LogP contribution in [0.15, 0.2) is 59.5 Å². The van der Waals surface area contributed by atoms with E-state index >= 15 is 0 Å². The minimum absolute atomic E-state index is 0.0774. The van der Waals surface area contributed by atoms with E-state index in [9.17, 15) is 13.2 Å². The summed E-state index contributed by atoms with van der Waals surface area (Å²) in [7, 11) is -3.39. The number of hydrogen-bond acceptors (Lipinski definition) is 3. The van der Waals surface area contributed by atoms with Gasteiger partial charge in [0.1, 0.15) is 0 Å². The van der Waals surface area contributed by atoms with Gasteiger partial charge in [0.15, 0.2) is 9.84 Å². The van der Waals surface area contributed by atoms with Crippen LogP contribution in [-0.4, -0.2) is 14.3 Å². The lowest BCUT2D eigenvalue weighted by Gasteiger charge is -2.09. The maximum atomic E-state index is 12.4. The lowest BCUT2D eigenvalue weighted by atomic mass is 10.0. The van der Waals surface area contributed by atoms with Gasteiger partial charge in [-0.1, -0.05) is 42.5 Å². The molecule has 4 nitrogen and oxygen atoms in total. The summed E-state index contributed by atoms with van der Waals surface area (Å²) in [6.07, 6.45) is 0.665. The molecule has 0 radical (unpaired) electrons. The summed E-state index contributed by atoms with van der Waals surface area (Å²) in [4.78, 5) is 11.2. The second kappa shape index (κ2) is 6.54. The van der Waals surface area contributed by atoms with Gasteiger partial charge in [-0.15, -0.1) is 0 Å². The molecule has 2 rings (SSSR count). The van der Waals surface area contributed by atoms with Crippen molar-refractivity contribution in [1.29, 1.82) is 0 Å². The Morgan fingerprint density at radius 2 is 1.48 bits per heavy atom. The molecular weight excluding hydrogens is 286 g/mol. The summed E-state index contributed by atoms with van der Waals surface area (Å²) in [5.41, 5.74) is 6.71. The molecule has 0 saturated heterocycles. The molecule has 0 aliphatic heterocycles. The van der Waals surface area contributed by atoms with Crippen molar-refractivity contribution in [3.05, 3.63) is 65.7 Å². The van der Waals surface area contributed by atoms with Crippen LogP contribution in [0.1, 0.15) is 17.5 Å². The van der Waals surface area contributed by atoms with Crippen LogP contribution in [0.25, 0.3) is 0 Å². The van der Waals surface area contributed by atoms with Crippen LogP contribution in [0.3, 0.4) is 0 Å². The molecule has 0 saturated carbocycles. The van der Waals surface area contributed by atoms with Crippen molar-refractivity contribution in [2.24, 2.45) is 5.73 Å². The van der Waals surface area contributed by atoms with Crippen molar-refractivity contribution >= 4 is 15.7 Å². The van der Waals surface area contributed by atoms with Gasteiger partial charge in [-0.25, -0.2) is 8.42 Å². The summed E-state index contributed by atoms with van der Waals surface area (Å²) in [5, 5.41) is 0. The first-order chi connectivity index (χ1) is 9.99. The number of hydrogen-bond donors (Lipinski definition) is 1. The number of rotatable bonds is 6. The second-order valence-corrected chi connectivity index (χ2v) is 6.80. The second-order valence-electron chi connectivity index (χ2n) is 4.81. The van der Waals surface area contributed by atoms with Crippen LogP contribution in [0, 0.1) is 0 Å². The molecule has 2 aromatic carbocycles. The number of carbonyl (C=O) groups is 1. The molecule has 1 amide bonds. The Labute approximate surface area is 124 Å². The summed E-state index contributed by atoms with van der Waals surface area (Å²) < 4.78 is 24.8. The van der Waals surface area contributed by atoms with Gasteiger partial charge < -0.3 is 5.73 Å². The van der Waals surface area contributed by atoms with Gasteiger partial charge in [0, 0.05) is 6.42 Å². The van der Waals surface area contributed by atoms with Crippen molar-refractivity contribution in [3.8, 4) is 0 Å². The fourth-order valence-electron chi connectivity index (χ4n) is 2.12. The van der Waals surface area contributed by atoms with Gasteiger partial charge in [0.2, 0.25) is 5.91 Å². The molecular formula is C16H17NO3S. The third-order valence-corrected chi connectivity index (χ3v) is 4.89. The zero-order valence-electron chi connectivity index (χ0n) is 11.5. The Morgan fingerprint density at radius 3 is 2.10 bits per heavy atom. The Kier molecular flexibility index (Phi) is 4.75. The molecule has 5 heteroatoms. The molecule has 0 aliphatic carbocycles. The first-order valence-electron chi connectivity index (χ1n) is 6.62. The first kappa shape index (κ1) is 15.3. The monoisotopic (exact) mass is 303 g/mol. The Balaban J connectivity index is 2.25. The number of primary amides is 1. The number of sulfone groups is 1. The average molecular weight is 303 g/mol. The standard InChI is InChI=1S/C16H17NO3S/c17-16(18)11-10-13-6-4-5-7-14(13)12-21(19,20)15-8-2-1-3-9-15/h1-9H,10-12H2,(H2,17,18). The number of amides is 1. The predicted octanol–water partition coefficient (Wildman–Crippen LogP) is 2.08. The highest BCUT2D eigenvalue weighted by Crippen LogP contribution is 2.19. The van der Waals surface area contributed by atoms with E-state index in [2.05, 4.69) is 0 Å². The summed E-state index contributed by atoms with van der Waals surface area (Å²) >= 11 is 0. The third-order valence-electron chi connectivity index (χ3n) is 3.21. The lowest BCUT2D eigenvalue weighted by molar-refractivity contribution is -0.117. The largest absolute Gasteiger partial charge is 0.370 e. The van der Waals surface area contributed by atoms with Crippen molar-refractivity contribution in [2.45, 2.75) is 23.5 Å². The smallest absolute Gasteiger partial charge is 0.217 e. The van der Waals surface area contributed by atoms with Crippen molar-refractivity contribution < 1.29 is 13.2 Å². The third kappa shape index (κ3) is 4.16. The molecule has 0 aromatic heterocycles. The molecule has 110 valence electrons. The number of aryl methyl sites for hydroxylation is 1. The highest BCUT2D eigenvalue weighted by Gasteiger charge is 2.16. The molecule has 0 atom stereocenters. The van der Waals surface area contributed by atoms with E-state index < -0.39 is 15.7 Å². The molecule has 2 N–H and O–H groups in total. The van der Waals surface area contributed by atoms with Crippen LogP contribution < -0.4 is 5.73 Å². The van der Waals surface area contributed by atoms with Gasteiger partial charge in [-0.3, -0.25) is 4.79 Å². The van der Waals surface area contributed by atoms with E-state index in [1.807, 2.05) is 12.1 Å². The van der Waals surface area contributed by atoms with E-state index in [1.54, 1.807) is 42.5 Å². The number of carbonyl (C=O) groups excluding carboxylic acids is 1. The molecule has 2 aromatic rings. The quantitative estimate of drug-likeness (QED) is 0.887. The van der Waals surface area contributed by atoms with E-state index in [-0.39, 0.29) is 12.2 Å². The molecule has 0 spiro atoms. The lowest BCUT2D eigenvalue weighted by Crippen LogP contribution is -2.12. The zero-order chi connectivity index (χ0) is 15.3. The number of benzene rings is 2. The van der Waals surface area contributed by atoms with Gasteiger partial charge in [-0.2, -0.15) is 0 Å². The Hall–Kier alpha value is -2.14. The van der Waals surface area contributed by atoms with Gasteiger partial charge in [0.25, 0.3) is 0 Å². The highest BCUT2D eigenvalue weighted by molar-refractivity contribution is 7.90. The molecule has 0 bridgehead atoms. The zero-order valence-corrected chi connectivity index (χ0v) is 12.3. The Bertz CT molecular complexity index is 724. The number of nitrogens with two attached hydrogens (primary N) is 1. The van der Waals surface area contributed by atoms with Gasteiger partial charge >= 0.3 is 0 Å². The molecule has 0 unspecified atom stereocenters. The fraction of sp³-hybridized carbons (Fsp3) is 0.188. The molecule has 0 heterocycles. The maximum Gasteiger partial charge on any atom is 0.217 e. The van der Waals surface area contributed by atoms with E-state index in [4.69, 9.17) is 5.73 Å². The van der Waals surface area contributed by atoms with Gasteiger partial charge in [0.05, 0.1) is 10.6 Å². The molecule has 0 aliphatic rings. The summed E-state index contributed by atoms with van der Waals surface area (Å²) in [6.45, 7) is 0. The topological polar surface area (TPSA) is 77.2 Å². The highest BCUT2D eigenvalue weighted by atomic mass is 32.2. The SMILES string of the molecule is NC(=O)CCc1ccccc1CS(=O)(=O)c1ccccc1. The van der Waals surface area contributed by atoms with Crippen LogP contribution in [0.4, 0.5) is 0 Å². The van der Waals surface area contributed by atoms with Gasteiger partial charge in [-0.05, 0) is 29.7 Å². The van der Waals surface area contributed by atoms with Crippen LogP contribution in [0.5, 0.6) is 0 Å². The van der Waals surface area contributed by atoms with Crippen molar-refractivity contribution in [1.82, 2.24) is 0 Å². The van der Waals surface area contributed by atoms with E-state index in [0.29, 0.717) is 16.9 Å². The minimum Gasteiger partial charge on any atom is -0.370 e. The van der Waals surface area contributed by atoms with E-state index in [1.165, 1.54) is 0 Å². The predicted molar refractivity (Wildman–Crippen MR) is 81.3 cm³/mol. The average Bonchev–Trinajstić information content (AvgIpc) is 2.47. The molecule has 0 fully saturated rings. The van der Waals surface area contributed by atoms with Crippen LogP contribution in [0.2, 0.25) is 0 Å².